The normalized spacial score (nSPS) is 13.4. The van der Waals surface area contributed by atoms with E-state index < -0.39 is 72.3 Å². The van der Waals surface area contributed by atoms with Crippen molar-refractivity contribution < 1.29 is 48.8 Å². The molecule has 0 radical (unpaired) electrons. The summed E-state index contributed by atoms with van der Waals surface area (Å²) in [6.07, 6.45) is 0.434. The maximum atomic E-state index is 13.4. The lowest BCUT2D eigenvalue weighted by Gasteiger charge is -2.23. The molecule has 8 N–H and O–H groups in total. The molecule has 5 atom stereocenters. The molecule has 3 aromatic carbocycles. The molecule has 0 aromatic heterocycles. The fourth-order valence-electron chi connectivity index (χ4n) is 5.09. The summed E-state index contributed by atoms with van der Waals surface area (Å²) < 4.78 is 5.63. The summed E-state index contributed by atoms with van der Waals surface area (Å²) in [5.41, 5.74) is 3.00. The smallest absolute Gasteiger partial charge is 0.326 e. The van der Waals surface area contributed by atoms with E-state index in [9.17, 15) is 44.1 Å². The fraction of sp³-hybridized carbons (Fsp3) is 0.350. The van der Waals surface area contributed by atoms with Crippen molar-refractivity contribution in [2.45, 2.75) is 77.2 Å². The number of aliphatic hydroxyl groups excluding tert-OH is 1. The zero-order chi connectivity index (χ0) is 40.5. The maximum Gasteiger partial charge on any atom is 0.326 e. The highest BCUT2D eigenvalue weighted by molar-refractivity contribution is 5.95. The van der Waals surface area contributed by atoms with Gasteiger partial charge in [-0.1, -0.05) is 60.2 Å². The van der Waals surface area contributed by atoms with Crippen LogP contribution >= 0.6 is 0 Å². The molecule has 0 bridgehead atoms. The van der Waals surface area contributed by atoms with E-state index in [-0.39, 0.29) is 25.0 Å². The number of allylic oxidation sites excluding steroid dienone is 1. The maximum absolute atomic E-state index is 13.4. The Bertz CT molecular complexity index is 1790. The summed E-state index contributed by atoms with van der Waals surface area (Å²) in [4.78, 5) is 76.6. The third kappa shape index (κ3) is 15.3. The fourth-order valence-corrected chi connectivity index (χ4v) is 5.09. The molecule has 0 fully saturated rings. The lowest BCUT2D eigenvalue weighted by atomic mass is 10.0. The second-order valence-electron chi connectivity index (χ2n) is 13.2. The number of ether oxygens (including phenoxy) is 1. The molecule has 0 saturated heterocycles. The molecule has 0 heterocycles. The number of phenolic OH excluding ortho intramolecular Hbond substituents is 1. The van der Waals surface area contributed by atoms with Gasteiger partial charge < -0.3 is 46.6 Å². The average Bonchev–Trinajstić information content (AvgIpc) is 3.14. The van der Waals surface area contributed by atoms with Crippen molar-refractivity contribution in [2.75, 3.05) is 13.2 Å². The van der Waals surface area contributed by atoms with Crippen molar-refractivity contribution in [3.63, 3.8) is 0 Å². The number of aliphatic carboxylic acids is 1. The highest BCUT2D eigenvalue weighted by Crippen LogP contribution is 2.15. The number of phenols is 1. The number of carbonyl (C=O) groups excluding carboxylic acids is 5. The van der Waals surface area contributed by atoms with Gasteiger partial charge in [0.05, 0.1) is 6.54 Å². The molecular formula is C40H49N5O10. The molecule has 55 heavy (non-hydrogen) atoms. The first-order valence-corrected chi connectivity index (χ1v) is 17.7. The van der Waals surface area contributed by atoms with Crippen LogP contribution in [0.3, 0.4) is 0 Å². The largest absolute Gasteiger partial charge is 0.508 e. The number of hydrogen-bond donors (Lipinski definition) is 8. The molecule has 0 spiro atoms. The Labute approximate surface area is 319 Å². The lowest BCUT2D eigenvalue weighted by molar-refractivity contribution is -0.142. The quantitative estimate of drug-likeness (QED) is 0.0770. The number of carboxylic acids is 1. The number of carbonyl (C=O) groups is 6. The van der Waals surface area contributed by atoms with Gasteiger partial charge in [0.2, 0.25) is 29.5 Å². The second-order valence-corrected chi connectivity index (χ2v) is 13.2. The van der Waals surface area contributed by atoms with Gasteiger partial charge in [0.15, 0.2) is 0 Å². The van der Waals surface area contributed by atoms with E-state index in [1.165, 1.54) is 38.1 Å². The van der Waals surface area contributed by atoms with Gasteiger partial charge in [-0.25, -0.2) is 4.79 Å². The van der Waals surface area contributed by atoms with Gasteiger partial charge in [0, 0.05) is 19.3 Å². The Hall–Kier alpha value is -6.22. The summed E-state index contributed by atoms with van der Waals surface area (Å²) >= 11 is 0. The highest BCUT2D eigenvalue weighted by atomic mass is 16.5. The summed E-state index contributed by atoms with van der Waals surface area (Å²) in [6.45, 7) is 6.45. The second kappa shape index (κ2) is 21.5. The van der Waals surface area contributed by atoms with Crippen LogP contribution in [-0.4, -0.2) is 94.2 Å². The predicted molar refractivity (Wildman–Crippen MR) is 203 cm³/mol. The van der Waals surface area contributed by atoms with E-state index in [1.807, 2.05) is 19.9 Å². The molecule has 15 heteroatoms. The van der Waals surface area contributed by atoms with E-state index in [4.69, 9.17) is 4.74 Å². The van der Waals surface area contributed by atoms with Crippen LogP contribution in [0.4, 0.5) is 0 Å². The molecule has 0 saturated carbocycles. The van der Waals surface area contributed by atoms with Gasteiger partial charge in [0.1, 0.15) is 48.4 Å². The molecule has 0 unspecified atom stereocenters. The zero-order valence-corrected chi connectivity index (χ0v) is 31.2. The average molecular weight is 760 g/mol. The summed E-state index contributed by atoms with van der Waals surface area (Å²) in [6, 6.07) is 16.6. The molecule has 15 nitrogen and oxygen atoms in total. The van der Waals surface area contributed by atoms with Gasteiger partial charge in [0.25, 0.3) is 0 Å². The van der Waals surface area contributed by atoms with Crippen LogP contribution in [0, 0.1) is 0 Å². The van der Waals surface area contributed by atoms with Crippen LogP contribution in [0.5, 0.6) is 11.5 Å². The summed E-state index contributed by atoms with van der Waals surface area (Å²) in [5.74, 6) is -4.54. The van der Waals surface area contributed by atoms with E-state index in [1.54, 1.807) is 54.6 Å². The Balaban J connectivity index is 1.57. The number of aromatic hydroxyl groups is 1. The molecule has 0 aliphatic rings. The third-order valence-corrected chi connectivity index (χ3v) is 8.25. The number of aliphatic hydroxyl groups is 1. The van der Waals surface area contributed by atoms with E-state index in [0.717, 1.165) is 11.1 Å². The van der Waals surface area contributed by atoms with Crippen LogP contribution < -0.4 is 31.3 Å². The summed E-state index contributed by atoms with van der Waals surface area (Å²) in [5, 5.41) is 42.0. The first-order chi connectivity index (χ1) is 26.1. The number of amides is 5. The Morgan fingerprint density at radius 2 is 1.20 bits per heavy atom. The SMILES string of the molecule is CC(C)=CCOc1ccc(C[C@@H](NC(=O)[C@@H](C)NC(=O)[C@@H](Cc2ccc(O)cc2)NC(=O)CNC(=O)[C@@H](C)NC(=O)[C@@H](O)Cc2ccccc2)C(=O)O)cc1. The zero-order valence-electron chi connectivity index (χ0n) is 31.2. The highest BCUT2D eigenvalue weighted by Gasteiger charge is 2.28. The lowest BCUT2D eigenvalue weighted by Crippen LogP contribution is -2.56. The van der Waals surface area contributed by atoms with Gasteiger partial charge in [-0.2, -0.15) is 0 Å². The standard InChI is InChI=1S/C40H49N5O10/c1-24(2)18-19-55-31-16-12-29(13-17-31)21-33(40(53)54)45-37(50)26(4)42-38(51)32(20-28-10-14-30(46)15-11-28)44-35(48)23-41-36(49)25(3)43-39(52)34(47)22-27-8-6-5-7-9-27/h5-18,25-26,32-34,46-47H,19-23H2,1-4H3,(H,41,49)(H,42,51)(H,43,52)(H,44,48)(H,45,50)(H,53,54)/t25-,26-,32-,33-,34+/m1/s1. The van der Waals surface area contributed by atoms with Crippen molar-refractivity contribution in [2.24, 2.45) is 0 Å². The number of benzene rings is 3. The Kier molecular flexibility index (Phi) is 16.9. The molecule has 5 amide bonds. The minimum Gasteiger partial charge on any atom is -0.508 e. The predicted octanol–water partition coefficient (Wildman–Crippen LogP) is 1.31. The topological polar surface area (TPSA) is 232 Å². The van der Waals surface area contributed by atoms with Crippen molar-refractivity contribution in [1.29, 1.82) is 0 Å². The van der Waals surface area contributed by atoms with Crippen molar-refractivity contribution in [1.82, 2.24) is 26.6 Å². The van der Waals surface area contributed by atoms with Crippen LogP contribution in [0.2, 0.25) is 0 Å². The first-order valence-electron chi connectivity index (χ1n) is 17.7. The molecule has 3 rings (SSSR count). The van der Waals surface area contributed by atoms with E-state index in [2.05, 4.69) is 26.6 Å². The molecular weight excluding hydrogens is 710 g/mol. The van der Waals surface area contributed by atoms with Gasteiger partial charge >= 0.3 is 5.97 Å². The van der Waals surface area contributed by atoms with Gasteiger partial charge in [-0.3, -0.25) is 24.0 Å². The van der Waals surface area contributed by atoms with Gasteiger partial charge in [-0.05, 0) is 74.7 Å². The van der Waals surface area contributed by atoms with Crippen molar-refractivity contribution in [3.05, 3.63) is 107 Å². The van der Waals surface area contributed by atoms with Crippen LogP contribution in [0.1, 0.15) is 44.4 Å². The van der Waals surface area contributed by atoms with Gasteiger partial charge in [-0.15, -0.1) is 0 Å². The minimum atomic E-state index is -1.41. The number of carboxylic acid groups (broad SMARTS) is 1. The molecule has 294 valence electrons. The Morgan fingerprint density at radius 3 is 1.80 bits per heavy atom. The molecule has 0 aliphatic carbocycles. The van der Waals surface area contributed by atoms with Crippen LogP contribution in [0.25, 0.3) is 0 Å². The summed E-state index contributed by atoms with van der Waals surface area (Å²) in [7, 11) is 0. The van der Waals surface area contributed by atoms with Crippen molar-refractivity contribution in [3.8, 4) is 11.5 Å². The minimum absolute atomic E-state index is 0.0210. The monoisotopic (exact) mass is 759 g/mol. The Morgan fingerprint density at radius 1 is 0.655 bits per heavy atom. The van der Waals surface area contributed by atoms with E-state index in [0.29, 0.717) is 23.5 Å². The van der Waals surface area contributed by atoms with E-state index >= 15 is 0 Å². The molecule has 3 aromatic rings. The molecule has 0 aliphatic heterocycles. The first kappa shape index (κ1) is 43.2. The number of rotatable bonds is 20. The van der Waals surface area contributed by atoms with Crippen LogP contribution in [-0.2, 0) is 48.0 Å². The number of hydrogen-bond acceptors (Lipinski definition) is 9. The number of nitrogens with one attached hydrogen (secondary N) is 5. The van der Waals surface area contributed by atoms with Crippen molar-refractivity contribution >= 4 is 35.5 Å². The van der Waals surface area contributed by atoms with Crippen LogP contribution in [0.15, 0.2) is 90.5 Å². The third-order valence-electron chi connectivity index (χ3n) is 8.25.